The van der Waals surface area contributed by atoms with E-state index < -0.39 is 0 Å². The topological polar surface area (TPSA) is 67.6 Å². The predicted octanol–water partition coefficient (Wildman–Crippen LogP) is 2.18. The van der Waals surface area contributed by atoms with E-state index in [0.717, 1.165) is 43.3 Å². The van der Waals surface area contributed by atoms with Gasteiger partial charge in [0.05, 0.1) is 25.3 Å². The Morgan fingerprint density at radius 2 is 2.20 bits per heavy atom. The molecule has 1 N–H and O–H groups in total. The van der Waals surface area contributed by atoms with Crippen LogP contribution in [0.4, 0.5) is 0 Å². The van der Waals surface area contributed by atoms with Gasteiger partial charge in [-0.15, -0.1) is 0 Å². The molecule has 1 amide bonds. The second-order valence-electron chi connectivity index (χ2n) is 6.54. The van der Waals surface area contributed by atoms with Crippen molar-refractivity contribution in [3.05, 3.63) is 53.2 Å². The summed E-state index contributed by atoms with van der Waals surface area (Å²) in [7, 11) is 0. The summed E-state index contributed by atoms with van der Waals surface area (Å²) in [4.78, 5) is 19.1. The summed E-state index contributed by atoms with van der Waals surface area (Å²) in [6.45, 7) is 8.01. The smallest absolute Gasteiger partial charge is 0.254 e. The molecule has 6 nitrogen and oxygen atoms in total. The fourth-order valence-corrected chi connectivity index (χ4v) is 2.94. The van der Waals surface area contributed by atoms with Gasteiger partial charge in [-0.25, -0.2) is 0 Å². The predicted molar refractivity (Wildman–Crippen MR) is 94.4 cm³/mol. The molecule has 134 valence electrons. The van der Waals surface area contributed by atoms with E-state index >= 15 is 0 Å². The molecule has 1 saturated heterocycles. The van der Waals surface area contributed by atoms with Crippen LogP contribution in [0.3, 0.4) is 0 Å². The van der Waals surface area contributed by atoms with Crippen molar-refractivity contribution in [1.82, 2.24) is 15.2 Å². The van der Waals surface area contributed by atoms with E-state index in [0.29, 0.717) is 18.5 Å². The van der Waals surface area contributed by atoms with Gasteiger partial charge >= 0.3 is 0 Å². The van der Waals surface area contributed by atoms with Crippen molar-refractivity contribution in [1.29, 1.82) is 0 Å². The molecule has 0 radical (unpaired) electrons. The van der Waals surface area contributed by atoms with Crippen LogP contribution in [0.15, 0.2) is 35.1 Å². The largest absolute Gasteiger partial charge is 0.467 e. The van der Waals surface area contributed by atoms with Crippen molar-refractivity contribution in [2.75, 3.05) is 26.3 Å². The number of rotatable bonds is 6. The minimum atomic E-state index is -0.113. The monoisotopic (exact) mass is 343 g/mol. The minimum Gasteiger partial charge on any atom is -0.467 e. The molecule has 0 unspecified atom stereocenters. The first-order chi connectivity index (χ1) is 12.1. The molecule has 0 saturated carbocycles. The Labute approximate surface area is 148 Å². The van der Waals surface area contributed by atoms with E-state index in [1.807, 2.05) is 32.0 Å². The van der Waals surface area contributed by atoms with Crippen LogP contribution < -0.4 is 5.32 Å². The summed E-state index contributed by atoms with van der Waals surface area (Å²) in [5.74, 6) is 0.693. The lowest BCUT2D eigenvalue weighted by Gasteiger charge is -2.25. The van der Waals surface area contributed by atoms with Crippen molar-refractivity contribution in [3.8, 4) is 0 Å². The van der Waals surface area contributed by atoms with Gasteiger partial charge in [-0.05, 0) is 31.5 Å². The number of nitrogens with one attached hydrogen (secondary N) is 1. The van der Waals surface area contributed by atoms with Crippen LogP contribution in [0.1, 0.15) is 34.3 Å². The molecule has 0 aromatic carbocycles. The molecular weight excluding hydrogens is 318 g/mol. The van der Waals surface area contributed by atoms with Crippen molar-refractivity contribution in [2.45, 2.75) is 32.9 Å². The summed E-state index contributed by atoms with van der Waals surface area (Å²) >= 11 is 0. The van der Waals surface area contributed by atoms with Gasteiger partial charge in [0.15, 0.2) is 0 Å². The summed E-state index contributed by atoms with van der Waals surface area (Å²) in [6.07, 6.45) is 4.02. The number of hydrogen-bond donors (Lipinski definition) is 1. The SMILES string of the molecule is Cc1cccnc1C[C@H](C)NC(=O)c1coc(CN2CCOCC2)c1. The molecule has 1 aliphatic heterocycles. The van der Waals surface area contributed by atoms with Gasteiger partial charge in [-0.1, -0.05) is 6.07 Å². The Morgan fingerprint density at radius 1 is 1.40 bits per heavy atom. The second-order valence-corrected chi connectivity index (χ2v) is 6.54. The fourth-order valence-electron chi connectivity index (χ4n) is 2.94. The lowest BCUT2D eigenvalue weighted by Crippen LogP contribution is -2.35. The highest BCUT2D eigenvalue weighted by Gasteiger charge is 2.17. The number of aryl methyl sites for hydroxylation is 1. The van der Waals surface area contributed by atoms with E-state index in [1.54, 1.807) is 6.20 Å². The van der Waals surface area contributed by atoms with E-state index in [1.165, 1.54) is 6.26 Å². The summed E-state index contributed by atoms with van der Waals surface area (Å²) in [6, 6.07) is 5.77. The summed E-state index contributed by atoms with van der Waals surface area (Å²) in [5, 5.41) is 3.02. The number of nitrogens with zero attached hydrogens (tertiary/aromatic N) is 2. The maximum atomic E-state index is 12.4. The van der Waals surface area contributed by atoms with Crippen LogP contribution in [-0.2, 0) is 17.7 Å². The molecule has 0 spiro atoms. The first-order valence-corrected chi connectivity index (χ1v) is 8.70. The molecule has 1 aliphatic rings. The molecule has 1 atom stereocenters. The van der Waals surface area contributed by atoms with Gasteiger partial charge in [0.2, 0.25) is 0 Å². The Kier molecular flexibility index (Phi) is 5.83. The number of ether oxygens (including phenoxy) is 1. The van der Waals surface area contributed by atoms with Crippen LogP contribution >= 0.6 is 0 Å². The quantitative estimate of drug-likeness (QED) is 0.871. The van der Waals surface area contributed by atoms with Crippen LogP contribution in [0.5, 0.6) is 0 Å². The third kappa shape index (κ3) is 4.90. The normalized spacial score (nSPS) is 16.6. The lowest BCUT2D eigenvalue weighted by molar-refractivity contribution is 0.0313. The van der Waals surface area contributed by atoms with Crippen LogP contribution in [-0.4, -0.2) is 48.1 Å². The number of aromatic nitrogens is 1. The first-order valence-electron chi connectivity index (χ1n) is 8.70. The second kappa shape index (κ2) is 8.27. The van der Waals surface area contributed by atoms with Gasteiger partial charge in [-0.3, -0.25) is 14.7 Å². The van der Waals surface area contributed by atoms with Gasteiger partial charge in [0.25, 0.3) is 5.91 Å². The highest BCUT2D eigenvalue weighted by atomic mass is 16.5. The zero-order valence-corrected chi connectivity index (χ0v) is 14.8. The number of amides is 1. The maximum Gasteiger partial charge on any atom is 0.254 e. The van der Waals surface area contributed by atoms with Crippen molar-refractivity contribution in [2.24, 2.45) is 0 Å². The van der Waals surface area contributed by atoms with Crippen molar-refractivity contribution < 1.29 is 13.9 Å². The third-order valence-electron chi connectivity index (χ3n) is 4.39. The number of morpholine rings is 1. The molecule has 2 aromatic rings. The van der Waals surface area contributed by atoms with E-state index in [2.05, 4.69) is 15.2 Å². The summed E-state index contributed by atoms with van der Waals surface area (Å²) in [5.41, 5.74) is 2.71. The molecule has 2 aromatic heterocycles. The maximum absolute atomic E-state index is 12.4. The van der Waals surface area contributed by atoms with Gasteiger partial charge in [-0.2, -0.15) is 0 Å². The van der Waals surface area contributed by atoms with Crippen LogP contribution in [0, 0.1) is 6.92 Å². The third-order valence-corrected chi connectivity index (χ3v) is 4.39. The number of hydrogen-bond acceptors (Lipinski definition) is 5. The van der Waals surface area contributed by atoms with Crippen LogP contribution in [0.2, 0.25) is 0 Å². The molecule has 3 rings (SSSR count). The number of furan rings is 1. The Balaban J connectivity index is 1.53. The summed E-state index contributed by atoms with van der Waals surface area (Å²) < 4.78 is 10.9. The van der Waals surface area contributed by atoms with Gasteiger partial charge in [0, 0.05) is 37.4 Å². The molecule has 25 heavy (non-hydrogen) atoms. The van der Waals surface area contributed by atoms with E-state index in [4.69, 9.17) is 9.15 Å². The molecule has 0 bridgehead atoms. The zero-order chi connectivity index (χ0) is 17.6. The van der Waals surface area contributed by atoms with Gasteiger partial charge < -0.3 is 14.5 Å². The molecule has 0 aliphatic carbocycles. The molecule has 6 heteroatoms. The number of carbonyl (C=O) groups excluding carboxylic acids is 1. The Bertz CT molecular complexity index is 707. The average Bonchev–Trinajstić information content (AvgIpc) is 3.06. The zero-order valence-electron chi connectivity index (χ0n) is 14.8. The van der Waals surface area contributed by atoms with Crippen molar-refractivity contribution in [3.63, 3.8) is 0 Å². The number of pyridine rings is 1. The highest BCUT2D eigenvalue weighted by molar-refractivity contribution is 5.94. The average molecular weight is 343 g/mol. The molecule has 1 fully saturated rings. The Hall–Kier alpha value is -2.18. The molecular formula is C19H25N3O3. The lowest BCUT2D eigenvalue weighted by atomic mass is 10.1. The first kappa shape index (κ1) is 17.6. The van der Waals surface area contributed by atoms with Gasteiger partial charge in [0.1, 0.15) is 12.0 Å². The Morgan fingerprint density at radius 3 is 2.96 bits per heavy atom. The number of carbonyl (C=O) groups is 1. The minimum absolute atomic E-state index is 0.00121. The van der Waals surface area contributed by atoms with E-state index in [9.17, 15) is 4.79 Å². The fraction of sp³-hybridized carbons (Fsp3) is 0.474. The highest BCUT2D eigenvalue weighted by Crippen LogP contribution is 2.13. The van der Waals surface area contributed by atoms with Crippen molar-refractivity contribution >= 4 is 5.91 Å². The van der Waals surface area contributed by atoms with Crippen LogP contribution in [0.25, 0.3) is 0 Å². The van der Waals surface area contributed by atoms with E-state index in [-0.39, 0.29) is 11.9 Å². The molecule has 3 heterocycles. The standard InChI is InChI=1S/C19H25N3O3/c1-14-4-3-5-20-18(14)10-15(2)21-19(23)16-11-17(25-13-16)12-22-6-8-24-9-7-22/h3-5,11,13,15H,6-10,12H2,1-2H3,(H,21,23)/t15-/m0/s1.